The number of anilines is 2. The van der Waals surface area contributed by atoms with E-state index in [0.29, 0.717) is 0 Å². The first-order valence-electron chi connectivity index (χ1n) is 4.85. The predicted molar refractivity (Wildman–Crippen MR) is 59.5 cm³/mol. The van der Waals surface area contributed by atoms with Crippen LogP contribution < -0.4 is 15.0 Å². The van der Waals surface area contributed by atoms with Crippen LogP contribution in [0.5, 0.6) is 5.75 Å². The normalized spacial score (nSPS) is 19.5. The molecule has 1 amide bonds. The van der Waals surface area contributed by atoms with Crippen LogP contribution in [0.4, 0.5) is 11.4 Å². The van der Waals surface area contributed by atoms with Gasteiger partial charge in [-0.15, -0.1) is 0 Å². The Bertz CT molecular complexity index is 404. The third-order valence-electron chi connectivity index (χ3n) is 2.80. The maximum Gasteiger partial charge on any atom is 0.246 e. The second kappa shape index (κ2) is 3.46. The molecule has 1 N–H and O–H groups in total. The highest BCUT2D eigenvalue weighted by molar-refractivity contribution is 6.03. The molecule has 1 unspecified atom stereocenters. The quantitative estimate of drug-likeness (QED) is 0.756. The van der Waals surface area contributed by atoms with Crippen molar-refractivity contribution in [3.8, 4) is 5.75 Å². The summed E-state index contributed by atoms with van der Waals surface area (Å²) in [5.74, 6) is 0.819. The third kappa shape index (κ3) is 1.52. The van der Waals surface area contributed by atoms with Crippen molar-refractivity contribution in [1.29, 1.82) is 0 Å². The van der Waals surface area contributed by atoms with Crippen LogP contribution in [0.1, 0.15) is 6.92 Å². The lowest BCUT2D eigenvalue weighted by Crippen LogP contribution is -2.43. The molecule has 0 aliphatic carbocycles. The minimum Gasteiger partial charge on any atom is -0.497 e. The zero-order valence-electron chi connectivity index (χ0n) is 9.07. The Hall–Kier alpha value is -1.71. The molecule has 4 nitrogen and oxygen atoms in total. The summed E-state index contributed by atoms with van der Waals surface area (Å²) >= 11 is 0. The van der Waals surface area contributed by atoms with Gasteiger partial charge in [-0.1, -0.05) is 0 Å². The van der Waals surface area contributed by atoms with Crippen molar-refractivity contribution in [2.75, 3.05) is 24.4 Å². The molecular weight excluding hydrogens is 192 g/mol. The summed E-state index contributed by atoms with van der Waals surface area (Å²) in [4.78, 5) is 13.5. The van der Waals surface area contributed by atoms with Gasteiger partial charge in [0.15, 0.2) is 0 Å². The molecular formula is C11H14N2O2. The maximum absolute atomic E-state index is 11.5. The van der Waals surface area contributed by atoms with Crippen molar-refractivity contribution in [2.24, 2.45) is 0 Å². The topological polar surface area (TPSA) is 41.6 Å². The van der Waals surface area contributed by atoms with E-state index in [-0.39, 0.29) is 11.9 Å². The molecule has 0 saturated carbocycles. The molecule has 4 heteroatoms. The summed E-state index contributed by atoms with van der Waals surface area (Å²) in [6.45, 7) is 1.87. The molecule has 0 bridgehead atoms. The fourth-order valence-electron chi connectivity index (χ4n) is 1.66. The van der Waals surface area contributed by atoms with Gasteiger partial charge in [-0.25, -0.2) is 0 Å². The van der Waals surface area contributed by atoms with Crippen LogP contribution in [-0.4, -0.2) is 26.1 Å². The number of carbonyl (C=O) groups is 1. The summed E-state index contributed by atoms with van der Waals surface area (Å²) in [6.07, 6.45) is 0. The van der Waals surface area contributed by atoms with Gasteiger partial charge in [0.05, 0.1) is 18.5 Å². The minimum absolute atomic E-state index is 0.0233. The van der Waals surface area contributed by atoms with E-state index in [9.17, 15) is 4.79 Å². The van der Waals surface area contributed by atoms with Crippen LogP contribution in [0.15, 0.2) is 18.2 Å². The molecule has 0 radical (unpaired) electrons. The Morgan fingerprint density at radius 1 is 1.47 bits per heavy atom. The Morgan fingerprint density at radius 3 is 2.87 bits per heavy atom. The maximum atomic E-state index is 11.5. The summed E-state index contributed by atoms with van der Waals surface area (Å²) < 4.78 is 5.15. The van der Waals surface area contributed by atoms with Crippen molar-refractivity contribution >= 4 is 17.3 Å². The number of likely N-dealkylation sites (N-methyl/N-ethyl adjacent to an activating group) is 1. The van der Waals surface area contributed by atoms with Crippen LogP contribution in [0.2, 0.25) is 0 Å². The number of nitrogens with one attached hydrogen (secondary N) is 1. The number of hydrogen-bond acceptors (Lipinski definition) is 3. The highest BCUT2D eigenvalue weighted by Gasteiger charge is 2.26. The molecule has 1 aromatic carbocycles. The zero-order valence-corrected chi connectivity index (χ0v) is 9.07. The summed E-state index contributed by atoms with van der Waals surface area (Å²) in [5.41, 5.74) is 1.82. The van der Waals surface area contributed by atoms with E-state index >= 15 is 0 Å². The molecule has 1 aliphatic heterocycles. The van der Waals surface area contributed by atoms with E-state index in [0.717, 1.165) is 17.1 Å². The van der Waals surface area contributed by atoms with Gasteiger partial charge in [0, 0.05) is 13.1 Å². The first-order valence-corrected chi connectivity index (χ1v) is 4.85. The van der Waals surface area contributed by atoms with Crippen molar-refractivity contribution in [1.82, 2.24) is 0 Å². The average molecular weight is 206 g/mol. The van der Waals surface area contributed by atoms with Crippen molar-refractivity contribution in [3.05, 3.63) is 18.2 Å². The van der Waals surface area contributed by atoms with Crippen LogP contribution in [0.25, 0.3) is 0 Å². The van der Waals surface area contributed by atoms with Crippen molar-refractivity contribution in [2.45, 2.75) is 13.0 Å². The van der Waals surface area contributed by atoms with Gasteiger partial charge in [-0.05, 0) is 19.1 Å². The monoisotopic (exact) mass is 206 g/mol. The number of rotatable bonds is 1. The van der Waals surface area contributed by atoms with E-state index in [2.05, 4.69) is 5.32 Å². The lowest BCUT2D eigenvalue weighted by molar-refractivity contribution is -0.117. The van der Waals surface area contributed by atoms with Gasteiger partial charge in [0.2, 0.25) is 5.91 Å². The van der Waals surface area contributed by atoms with Crippen LogP contribution in [0, 0.1) is 0 Å². The Balaban J connectivity index is 2.46. The third-order valence-corrected chi connectivity index (χ3v) is 2.80. The second-order valence-electron chi connectivity index (χ2n) is 3.66. The van der Waals surface area contributed by atoms with Gasteiger partial charge in [-0.3, -0.25) is 4.79 Å². The van der Waals surface area contributed by atoms with Crippen LogP contribution in [0.3, 0.4) is 0 Å². The fraction of sp³-hybridized carbons (Fsp3) is 0.364. The van der Waals surface area contributed by atoms with Crippen LogP contribution in [-0.2, 0) is 4.79 Å². The van der Waals surface area contributed by atoms with Gasteiger partial charge in [0.1, 0.15) is 11.8 Å². The van der Waals surface area contributed by atoms with Gasteiger partial charge >= 0.3 is 0 Å². The molecule has 1 aliphatic rings. The number of benzene rings is 1. The molecule has 1 atom stereocenters. The number of amides is 1. The first-order chi connectivity index (χ1) is 7.13. The molecule has 80 valence electrons. The zero-order chi connectivity index (χ0) is 11.0. The second-order valence-corrected chi connectivity index (χ2v) is 3.66. The van der Waals surface area contributed by atoms with Gasteiger partial charge in [-0.2, -0.15) is 0 Å². The standard InChI is InChI=1S/C11H14N2O2/c1-7-11(14)12-9-5-4-8(15-3)6-10(9)13(7)2/h4-7H,1-3H3,(H,12,14). The number of hydrogen-bond donors (Lipinski definition) is 1. The van der Waals surface area contributed by atoms with Crippen LogP contribution >= 0.6 is 0 Å². The Morgan fingerprint density at radius 2 is 2.20 bits per heavy atom. The highest BCUT2D eigenvalue weighted by atomic mass is 16.5. The summed E-state index contributed by atoms with van der Waals surface area (Å²) in [6, 6.07) is 5.47. The van der Waals surface area contributed by atoms with E-state index in [4.69, 9.17) is 4.74 Å². The minimum atomic E-state index is -0.149. The lowest BCUT2D eigenvalue weighted by atomic mass is 10.1. The average Bonchev–Trinajstić information content (AvgIpc) is 2.26. The van der Waals surface area contributed by atoms with Gasteiger partial charge in [0.25, 0.3) is 0 Å². The molecule has 1 aromatic rings. The smallest absolute Gasteiger partial charge is 0.246 e. The predicted octanol–water partition coefficient (Wildman–Crippen LogP) is 1.47. The number of nitrogens with zero attached hydrogens (tertiary/aromatic N) is 1. The highest BCUT2D eigenvalue weighted by Crippen LogP contribution is 2.33. The van der Waals surface area contributed by atoms with E-state index in [1.165, 1.54) is 0 Å². The number of ether oxygens (including phenoxy) is 1. The Kier molecular flexibility index (Phi) is 2.26. The van der Waals surface area contributed by atoms with E-state index in [1.807, 2.05) is 37.1 Å². The lowest BCUT2D eigenvalue weighted by Gasteiger charge is -2.33. The largest absolute Gasteiger partial charge is 0.497 e. The first kappa shape index (κ1) is 9.83. The summed E-state index contributed by atoms with van der Waals surface area (Å²) in [7, 11) is 3.54. The molecule has 0 aromatic heterocycles. The molecule has 1 heterocycles. The molecule has 2 rings (SSSR count). The molecule has 0 spiro atoms. The summed E-state index contributed by atoms with van der Waals surface area (Å²) in [5, 5.41) is 2.86. The number of fused-ring (bicyclic) bond motifs is 1. The molecule has 15 heavy (non-hydrogen) atoms. The van der Waals surface area contributed by atoms with Gasteiger partial charge < -0.3 is 15.0 Å². The molecule has 0 fully saturated rings. The number of methoxy groups -OCH3 is 1. The van der Waals surface area contributed by atoms with E-state index in [1.54, 1.807) is 7.11 Å². The van der Waals surface area contributed by atoms with E-state index < -0.39 is 0 Å². The van der Waals surface area contributed by atoms with Crippen molar-refractivity contribution < 1.29 is 9.53 Å². The fourth-order valence-corrected chi connectivity index (χ4v) is 1.66. The molecule has 0 saturated heterocycles. The van der Waals surface area contributed by atoms with Crippen molar-refractivity contribution in [3.63, 3.8) is 0 Å². The number of carbonyl (C=O) groups excluding carboxylic acids is 1. The Labute approximate surface area is 88.8 Å². The SMILES string of the molecule is COc1ccc2c(c1)N(C)C(C)C(=O)N2.